The minimum atomic E-state index is -0.763. The lowest BCUT2D eigenvalue weighted by atomic mass is 9.96. The molecule has 0 saturated carbocycles. The first-order valence-corrected chi connectivity index (χ1v) is 7.67. The van der Waals surface area contributed by atoms with Gasteiger partial charge in [-0.3, -0.25) is 9.69 Å². The highest BCUT2D eigenvalue weighted by Crippen LogP contribution is 2.18. The first-order chi connectivity index (χ1) is 10.0. The lowest BCUT2D eigenvalue weighted by Gasteiger charge is -2.32. The Bertz CT molecular complexity index is 415. The Labute approximate surface area is 127 Å². The maximum atomic E-state index is 11.8. The Morgan fingerprint density at radius 2 is 1.81 bits per heavy atom. The van der Waals surface area contributed by atoms with Gasteiger partial charge in [0, 0.05) is 13.1 Å². The molecule has 1 N–H and O–H groups in total. The van der Waals surface area contributed by atoms with Crippen LogP contribution < -0.4 is 0 Å². The molecule has 0 heterocycles. The Morgan fingerprint density at radius 3 is 2.33 bits per heavy atom. The quantitative estimate of drug-likeness (QED) is 0.711. The van der Waals surface area contributed by atoms with Gasteiger partial charge in [0.1, 0.15) is 0 Å². The molecule has 0 amide bonds. The second kappa shape index (κ2) is 8.80. The maximum Gasteiger partial charge on any atom is 0.320 e. The molecule has 0 aliphatic heterocycles. The molecule has 0 aliphatic rings. The second-order valence-corrected chi connectivity index (χ2v) is 5.37. The van der Waals surface area contributed by atoms with Crippen molar-refractivity contribution in [1.82, 2.24) is 4.90 Å². The van der Waals surface area contributed by atoms with E-state index in [0.29, 0.717) is 32.5 Å². The zero-order chi connectivity index (χ0) is 15.7. The number of nitrogens with zero attached hydrogens (tertiary/aromatic N) is 1. The molecule has 1 aromatic rings. The van der Waals surface area contributed by atoms with Gasteiger partial charge in [0.2, 0.25) is 0 Å². The third-order valence-electron chi connectivity index (χ3n) is 3.74. The third kappa shape index (κ3) is 6.27. The molecule has 21 heavy (non-hydrogen) atoms. The average Bonchev–Trinajstić information content (AvgIpc) is 2.48. The van der Waals surface area contributed by atoms with Gasteiger partial charge in [-0.05, 0) is 25.3 Å². The van der Waals surface area contributed by atoms with E-state index in [1.54, 1.807) is 6.92 Å². The van der Waals surface area contributed by atoms with Gasteiger partial charge in [-0.15, -0.1) is 0 Å². The minimum Gasteiger partial charge on any atom is -0.465 e. The summed E-state index contributed by atoms with van der Waals surface area (Å²) in [6, 6.07) is 9.96. The summed E-state index contributed by atoms with van der Waals surface area (Å²) < 4.78 is 5.03. The fraction of sp³-hybridized carbons (Fsp3) is 0.588. The van der Waals surface area contributed by atoms with Crippen molar-refractivity contribution >= 4 is 5.97 Å². The lowest BCUT2D eigenvalue weighted by molar-refractivity contribution is -0.145. The molecule has 0 aliphatic carbocycles. The largest absolute Gasteiger partial charge is 0.465 e. The standard InChI is InChI=1S/C17H27NO3/c1-4-17(20,5-2)14-18(13-16(19)21-6-3)12-15-10-8-7-9-11-15/h7-11,20H,4-6,12-14H2,1-3H3. The van der Waals surface area contributed by atoms with E-state index in [-0.39, 0.29) is 12.5 Å². The normalized spacial score (nSPS) is 11.7. The molecule has 1 aromatic carbocycles. The number of esters is 1. The number of carbonyl (C=O) groups is 1. The highest BCUT2D eigenvalue weighted by Gasteiger charge is 2.27. The molecule has 0 fully saturated rings. The van der Waals surface area contributed by atoms with Gasteiger partial charge in [-0.25, -0.2) is 0 Å². The van der Waals surface area contributed by atoms with Crippen LogP contribution in [0, 0.1) is 0 Å². The Balaban J connectivity index is 2.76. The fourth-order valence-corrected chi connectivity index (χ4v) is 2.29. The van der Waals surface area contributed by atoms with Crippen LogP contribution in [0.2, 0.25) is 0 Å². The maximum absolute atomic E-state index is 11.8. The van der Waals surface area contributed by atoms with E-state index < -0.39 is 5.60 Å². The molecule has 0 aromatic heterocycles. The van der Waals surface area contributed by atoms with Crippen LogP contribution in [0.4, 0.5) is 0 Å². The number of hydrogen-bond acceptors (Lipinski definition) is 4. The molecule has 1 rings (SSSR count). The summed E-state index contributed by atoms with van der Waals surface area (Å²) in [6.07, 6.45) is 1.33. The van der Waals surface area contributed by atoms with Crippen LogP contribution in [0.5, 0.6) is 0 Å². The van der Waals surface area contributed by atoms with E-state index >= 15 is 0 Å². The Hall–Kier alpha value is -1.39. The van der Waals surface area contributed by atoms with Gasteiger partial charge in [0.25, 0.3) is 0 Å². The first-order valence-electron chi connectivity index (χ1n) is 7.67. The van der Waals surface area contributed by atoms with Crippen LogP contribution in [-0.4, -0.2) is 41.3 Å². The number of rotatable bonds is 9. The minimum absolute atomic E-state index is 0.199. The highest BCUT2D eigenvalue weighted by atomic mass is 16.5. The second-order valence-electron chi connectivity index (χ2n) is 5.37. The fourth-order valence-electron chi connectivity index (χ4n) is 2.29. The molecule has 0 spiro atoms. The van der Waals surface area contributed by atoms with Crippen LogP contribution >= 0.6 is 0 Å². The van der Waals surface area contributed by atoms with Gasteiger partial charge < -0.3 is 9.84 Å². The van der Waals surface area contributed by atoms with E-state index in [4.69, 9.17) is 4.74 Å². The van der Waals surface area contributed by atoms with E-state index in [0.717, 1.165) is 5.56 Å². The monoisotopic (exact) mass is 293 g/mol. The molecular formula is C17H27NO3. The van der Waals surface area contributed by atoms with Gasteiger partial charge in [0.05, 0.1) is 18.8 Å². The van der Waals surface area contributed by atoms with Crippen LogP contribution in [0.1, 0.15) is 39.2 Å². The third-order valence-corrected chi connectivity index (χ3v) is 3.74. The van der Waals surface area contributed by atoms with Crippen LogP contribution in [0.3, 0.4) is 0 Å². The van der Waals surface area contributed by atoms with Crippen LogP contribution in [0.15, 0.2) is 30.3 Å². The average molecular weight is 293 g/mol. The molecule has 4 nitrogen and oxygen atoms in total. The Kier molecular flexibility index (Phi) is 7.40. The molecule has 0 radical (unpaired) electrons. The SMILES string of the molecule is CCOC(=O)CN(Cc1ccccc1)CC(O)(CC)CC. The number of carbonyl (C=O) groups excluding carboxylic acids is 1. The van der Waals surface area contributed by atoms with E-state index in [1.807, 2.05) is 49.1 Å². The van der Waals surface area contributed by atoms with Gasteiger partial charge in [0.15, 0.2) is 0 Å². The van der Waals surface area contributed by atoms with Crippen molar-refractivity contribution in [2.75, 3.05) is 19.7 Å². The number of aliphatic hydroxyl groups is 1. The summed E-state index contributed by atoms with van der Waals surface area (Å²) in [5.41, 5.74) is 0.359. The van der Waals surface area contributed by atoms with Crippen molar-refractivity contribution in [1.29, 1.82) is 0 Å². The van der Waals surface area contributed by atoms with Crippen molar-refractivity contribution in [3.05, 3.63) is 35.9 Å². The summed E-state index contributed by atoms with van der Waals surface area (Å²) in [4.78, 5) is 13.7. The van der Waals surface area contributed by atoms with Crippen molar-refractivity contribution in [2.24, 2.45) is 0 Å². The zero-order valence-electron chi connectivity index (χ0n) is 13.3. The number of hydrogen-bond donors (Lipinski definition) is 1. The van der Waals surface area contributed by atoms with Crippen LogP contribution in [0.25, 0.3) is 0 Å². The molecule has 0 saturated heterocycles. The molecule has 0 atom stereocenters. The van der Waals surface area contributed by atoms with Crippen molar-refractivity contribution < 1.29 is 14.6 Å². The van der Waals surface area contributed by atoms with Gasteiger partial charge in [-0.2, -0.15) is 0 Å². The summed E-state index contributed by atoms with van der Waals surface area (Å²) >= 11 is 0. The number of ether oxygens (including phenoxy) is 1. The van der Waals surface area contributed by atoms with Crippen molar-refractivity contribution in [3.8, 4) is 0 Å². The highest BCUT2D eigenvalue weighted by molar-refractivity contribution is 5.71. The topological polar surface area (TPSA) is 49.8 Å². The predicted molar refractivity (Wildman–Crippen MR) is 83.9 cm³/mol. The molecule has 4 heteroatoms. The summed E-state index contributed by atoms with van der Waals surface area (Å²) in [7, 11) is 0. The Morgan fingerprint density at radius 1 is 1.19 bits per heavy atom. The van der Waals surface area contributed by atoms with E-state index in [9.17, 15) is 9.90 Å². The van der Waals surface area contributed by atoms with Gasteiger partial charge >= 0.3 is 5.97 Å². The molecule has 0 bridgehead atoms. The van der Waals surface area contributed by atoms with Crippen LogP contribution in [-0.2, 0) is 16.1 Å². The number of benzene rings is 1. The molecule has 118 valence electrons. The molecular weight excluding hydrogens is 266 g/mol. The van der Waals surface area contributed by atoms with Crippen molar-refractivity contribution in [3.63, 3.8) is 0 Å². The predicted octanol–water partition coefficient (Wildman–Crippen LogP) is 2.60. The van der Waals surface area contributed by atoms with Gasteiger partial charge in [-0.1, -0.05) is 44.2 Å². The van der Waals surface area contributed by atoms with E-state index in [2.05, 4.69) is 0 Å². The first kappa shape index (κ1) is 17.7. The summed E-state index contributed by atoms with van der Waals surface area (Å²) in [5.74, 6) is -0.247. The summed E-state index contributed by atoms with van der Waals surface area (Å²) in [5, 5.41) is 10.5. The molecule has 0 unspecified atom stereocenters. The van der Waals surface area contributed by atoms with E-state index in [1.165, 1.54) is 0 Å². The lowest BCUT2D eigenvalue weighted by Crippen LogP contribution is -2.44. The zero-order valence-corrected chi connectivity index (χ0v) is 13.3. The van der Waals surface area contributed by atoms with Crippen molar-refractivity contribution in [2.45, 2.75) is 45.8 Å². The smallest absolute Gasteiger partial charge is 0.320 e. The summed E-state index contributed by atoms with van der Waals surface area (Å²) in [6.45, 7) is 7.40.